The van der Waals surface area contributed by atoms with Gasteiger partial charge in [-0.1, -0.05) is 24.8 Å². The summed E-state index contributed by atoms with van der Waals surface area (Å²) >= 11 is 0. The van der Waals surface area contributed by atoms with Crippen molar-refractivity contribution in [2.45, 2.75) is 6.10 Å². The van der Waals surface area contributed by atoms with Crippen LogP contribution >= 0.6 is 0 Å². The smallest absolute Gasteiger partial charge is 0.327 e. The van der Waals surface area contributed by atoms with Gasteiger partial charge in [-0.2, -0.15) is 0 Å². The maximum Gasteiger partial charge on any atom is 0.327 e. The molecule has 1 atom stereocenters. The molecule has 0 spiro atoms. The van der Waals surface area contributed by atoms with Gasteiger partial charge in [-0.05, 0) is 12.1 Å². The Morgan fingerprint density at radius 2 is 2.12 bits per heavy atom. The summed E-state index contributed by atoms with van der Waals surface area (Å²) in [6, 6.07) is 9.79. The topological polar surface area (TPSA) is 59.1 Å². The van der Waals surface area contributed by atoms with E-state index >= 15 is 0 Å². The average molecular weight is 222 g/mol. The number of carboxylic acid groups (broad SMARTS) is 1. The molecule has 0 bridgehead atoms. The highest BCUT2D eigenvalue weighted by Crippen LogP contribution is 2.13. The van der Waals surface area contributed by atoms with Crippen LogP contribution in [-0.4, -0.2) is 30.4 Å². The van der Waals surface area contributed by atoms with Crippen LogP contribution in [0.5, 0.6) is 5.75 Å². The summed E-state index contributed by atoms with van der Waals surface area (Å²) in [6.45, 7) is 4.50. The first-order valence-electron chi connectivity index (χ1n) is 4.87. The van der Waals surface area contributed by atoms with Crippen molar-refractivity contribution in [1.29, 1.82) is 0 Å². The van der Waals surface area contributed by atoms with E-state index in [9.17, 15) is 4.79 Å². The summed E-state index contributed by atoms with van der Waals surface area (Å²) in [5.41, 5.74) is 0. The highest BCUT2D eigenvalue weighted by Gasteiger charge is 2.22. The second-order valence-electron chi connectivity index (χ2n) is 3.12. The van der Waals surface area contributed by atoms with Crippen molar-refractivity contribution in [3.8, 4) is 5.75 Å². The standard InChI is InChI=1S/C9H10O2.C3H4O2/c1-2-4-8(5-3-1)10-6-9-7-11-9;1-2-3(4)5/h1-5,9H,6-7H2;2H,1H2,(H,4,5). The van der Waals surface area contributed by atoms with E-state index in [4.69, 9.17) is 14.6 Å². The van der Waals surface area contributed by atoms with Gasteiger partial charge in [0.2, 0.25) is 0 Å². The normalized spacial score (nSPS) is 16.6. The number of carboxylic acids is 1. The number of hydrogen-bond acceptors (Lipinski definition) is 3. The van der Waals surface area contributed by atoms with Crippen LogP contribution in [0.2, 0.25) is 0 Å². The van der Waals surface area contributed by atoms with E-state index in [1.807, 2.05) is 30.3 Å². The second-order valence-corrected chi connectivity index (χ2v) is 3.12. The fourth-order valence-electron chi connectivity index (χ4n) is 0.870. The van der Waals surface area contributed by atoms with Crippen molar-refractivity contribution in [3.05, 3.63) is 43.0 Å². The van der Waals surface area contributed by atoms with Crippen LogP contribution in [-0.2, 0) is 9.53 Å². The lowest BCUT2D eigenvalue weighted by molar-refractivity contribution is -0.131. The van der Waals surface area contributed by atoms with Crippen molar-refractivity contribution >= 4 is 5.97 Å². The molecule has 1 aromatic rings. The number of para-hydroxylation sites is 1. The van der Waals surface area contributed by atoms with Gasteiger partial charge < -0.3 is 14.6 Å². The van der Waals surface area contributed by atoms with Crippen LogP contribution in [0.15, 0.2) is 43.0 Å². The molecular weight excluding hydrogens is 208 g/mol. The van der Waals surface area contributed by atoms with E-state index in [0.717, 1.165) is 18.4 Å². The third-order valence-corrected chi connectivity index (χ3v) is 1.76. The Morgan fingerprint density at radius 3 is 2.56 bits per heavy atom. The van der Waals surface area contributed by atoms with Gasteiger partial charge in [0, 0.05) is 6.08 Å². The van der Waals surface area contributed by atoms with Crippen LogP contribution in [0.3, 0.4) is 0 Å². The number of aliphatic carboxylic acids is 1. The van der Waals surface area contributed by atoms with Gasteiger partial charge in [0.25, 0.3) is 0 Å². The van der Waals surface area contributed by atoms with Gasteiger partial charge in [-0.25, -0.2) is 4.79 Å². The minimum atomic E-state index is -0.981. The van der Waals surface area contributed by atoms with Crippen molar-refractivity contribution in [1.82, 2.24) is 0 Å². The van der Waals surface area contributed by atoms with E-state index in [0.29, 0.717) is 12.7 Å². The first-order valence-corrected chi connectivity index (χ1v) is 4.87. The van der Waals surface area contributed by atoms with Crippen LogP contribution in [0.25, 0.3) is 0 Å². The SMILES string of the molecule is C=CC(=O)O.c1ccc(OCC2CO2)cc1. The first-order chi connectivity index (χ1) is 7.72. The molecule has 2 rings (SSSR count). The van der Waals surface area contributed by atoms with Gasteiger partial charge >= 0.3 is 5.97 Å². The summed E-state index contributed by atoms with van der Waals surface area (Å²) in [6.07, 6.45) is 1.18. The molecule has 1 aliphatic rings. The van der Waals surface area contributed by atoms with Crippen molar-refractivity contribution in [2.75, 3.05) is 13.2 Å². The Labute approximate surface area is 94.1 Å². The lowest BCUT2D eigenvalue weighted by Gasteiger charge is -2.01. The Bertz CT molecular complexity index is 330. The predicted octanol–water partition coefficient (Wildman–Crippen LogP) is 1.72. The molecule has 0 aromatic heterocycles. The number of epoxide rings is 1. The van der Waals surface area contributed by atoms with E-state index in [2.05, 4.69) is 6.58 Å². The molecule has 4 heteroatoms. The molecule has 1 unspecified atom stereocenters. The van der Waals surface area contributed by atoms with Gasteiger partial charge in [-0.3, -0.25) is 0 Å². The van der Waals surface area contributed by atoms with Crippen molar-refractivity contribution < 1.29 is 19.4 Å². The molecule has 1 N–H and O–H groups in total. The Hall–Kier alpha value is -1.81. The minimum Gasteiger partial charge on any atom is -0.491 e. The first kappa shape index (κ1) is 12.3. The molecule has 0 aliphatic carbocycles. The molecule has 1 aliphatic heterocycles. The van der Waals surface area contributed by atoms with Gasteiger partial charge in [0.15, 0.2) is 0 Å². The van der Waals surface area contributed by atoms with E-state index < -0.39 is 5.97 Å². The Kier molecular flexibility index (Phi) is 5.08. The summed E-state index contributed by atoms with van der Waals surface area (Å²) in [4.78, 5) is 9.25. The molecule has 1 aromatic carbocycles. The Morgan fingerprint density at radius 1 is 1.56 bits per heavy atom. The molecule has 0 saturated carbocycles. The third kappa shape index (κ3) is 5.82. The maximum atomic E-state index is 9.25. The highest BCUT2D eigenvalue weighted by molar-refractivity contribution is 5.78. The monoisotopic (exact) mass is 222 g/mol. The summed E-state index contributed by atoms with van der Waals surface area (Å²) in [5.74, 6) is -0.0620. The molecule has 4 nitrogen and oxygen atoms in total. The van der Waals surface area contributed by atoms with Crippen molar-refractivity contribution in [3.63, 3.8) is 0 Å². The van der Waals surface area contributed by atoms with Crippen molar-refractivity contribution in [2.24, 2.45) is 0 Å². The lowest BCUT2D eigenvalue weighted by Crippen LogP contribution is -2.03. The van der Waals surface area contributed by atoms with Crippen LogP contribution in [0.4, 0.5) is 0 Å². The molecule has 0 radical (unpaired) electrons. The summed E-state index contributed by atoms with van der Waals surface area (Å²) in [7, 11) is 0. The molecule has 1 fully saturated rings. The predicted molar refractivity (Wildman–Crippen MR) is 59.5 cm³/mol. The highest BCUT2D eigenvalue weighted by atomic mass is 16.6. The molecule has 16 heavy (non-hydrogen) atoms. The van der Waals surface area contributed by atoms with Crippen LogP contribution in [0, 0.1) is 0 Å². The second kappa shape index (κ2) is 6.63. The largest absolute Gasteiger partial charge is 0.491 e. The Balaban J connectivity index is 0.000000221. The molecule has 1 saturated heterocycles. The third-order valence-electron chi connectivity index (χ3n) is 1.76. The zero-order valence-corrected chi connectivity index (χ0v) is 8.83. The van der Waals surface area contributed by atoms with E-state index in [-0.39, 0.29) is 0 Å². The van der Waals surface area contributed by atoms with Gasteiger partial charge in [-0.15, -0.1) is 0 Å². The summed E-state index contributed by atoms with van der Waals surface area (Å²) < 4.78 is 10.4. The lowest BCUT2D eigenvalue weighted by atomic mass is 10.3. The molecule has 0 amide bonds. The quantitative estimate of drug-likeness (QED) is 0.622. The number of rotatable bonds is 4. The molecule has 1 heterocycles. The van der Waals surface area contributed by atoms with Gasteiger partial charge in [0.1, 0.15) is 18.5 Å². The fraction of sp³-hybridized carbons (Fsp3) is 0.250. The zero-order chi connectivity index (χ0) is 11.8. The number of carbonyl (C=O) groups is 1. The van der Waals surface area contributed by atoms with Crippen LogP contribution < -0.4 is 4.74 Å². The number of ether oxygens (including phenoxy) is 2. The van der Waals surface area contributed by atoms with Crippen LogP contribution in [0.1, 0.15) is 0 Å². The van der Waals surface area contributed by atoms with Gasteiger partial charge in [0.05, 0.1) is 6.61 Å². The summed E-state index contributed by atoms with van der Waals surface area (Å²) in [5, 5.41) is 7.60. The number of benzene rings is 1. The minimum absolute atomic E-state index is 0.343. The molecule has 86 valence electrons. The van der Waals surface area contributed by atoms with E-state index in [1.54, 1.807) is 0 Å². The fourth-order valence-corrected chi connectivity index (χ4v) is 0.870. The zero-order valence-electron chi connectivity index (χ0n) is 8.83. The average Bonchev–Trinajstić information content (AvgIpc) is 3.12. The molecular formula is C12H14O4. The van der Waals surface area contributed by atoms with E-state index in [1.165, 1.54) is 0 Å². The maximum absolute atomic E-state index is 9.25. The number of hydrogen-bond donors (Lipinski definition) is 1.